The van der Waals surface area contributed by atoms with Crippen LogP contribution in [0.1, 0.15) is 37.6 Å². The van der Waals surface area contributed by atoms with Crippen molar-refractivity contribution < 1.29 is 32.3 Å². The van der Waals surface area contributed by atoms with E-state index in [1.54, 1.807) is 20.8 Å². The monoisotopic (exact) mass is 412 g/mol. The Morgan fingerprint density at radius 2 is 1.79 bits per heavy atom. The second-order valence-corrected chi connectivity index (χ2v) is 9.68. The van der Waals surface area contributed by atoms with Crippen LogP contribution in [-0.4, -0.2) is 56.1 Å². The number of nitrogens with one attached hydrogen (secondary N) is 2. The van der Waals surface area contributed by atoms with E-state index < -0.39 is 46.1 Å². The molecule has 0 spiro atoms. The summed E-state index contributed by atoms with van der Waals surface area (Å²) in [6.07, 6.45) is -0.262. The number of esters is 1. The van der Waals surface area contributed by atoms with Crippen LogP contribution in [0.2, 0.25) is 0 Å². The van der Waals surface area contributed by atoms with Crippen molar-refractivity contribution in [3.63, 3.8) is 0 Å². The lowest BCUT2D eigenvalue weighted by Gasteiger charge is -2.19. The van der Waals surface area contributed by atoms with E-state index in [1.165, 1.54) is 24.3 Å². The van der Waals surface area contributed by atoms with Gasteiger partial charge >= 0.3 is 12.1 Å². The molecule has 0 aliphatic carbocycles. The van der Waals surface area contributed by atoms with Crippen LogP contribution in [0, 0.1) is 0 Å². The van der Waals surface area contributed by atoms with Gasteiger partial charge in [0.15, 0.2) is 16.4 Å². The van der Waals surface area contributed by atoms with Crippen LogP contribution in [0.3, 0.4) is 0 Å². The summed E-state index contributed by atoms with van der Waals surface area (Å²) in [5.74, 6) is -1.32. The van der Waals surface area contributed by atoms with Crippen molar-refractivity contribution in [1.29, 1.82) is 0 Å². The number of hydrogen-bond donors (Lipinski definition) is 2. The highest BCUT2D eigenvalue weighted by Gasteiger charge is 2.29. The number of rotatable bonds is 5. The topological polar surface area (TPSA) is 128 Å². The molecule has 1 saturated heterocycles. The van der Waals surface area contributed by atoms with Crippen molar-refractivity contribution in [3.05, 3.63) is 29.8 Å². The van der Waals surface area contributed by atoms with Gasteiger partial charge in [-0.25, -0.2) is 18.0 Å². The molecule has 1 aromatic carbocycles. The Labute approximate surface area is 163 Å². The van der Waals surface area contributed by atoms with Gasteiger partial charge < -0.3 is 14.8 Å². The van der Waals surface area contributed by atoms with Crippen LogP contribution in [0.4, 0.5) is 10.5 Å². The van der Waals surface area contributed by atoms with E-state index in [0.29, 0.717) is 12.1 Å². The van der Waals surface area contributed by atoms with Crippen molar-refractivity contribution in [1.82, 2.24) is 5.32 Å². The van der Waals surface area contributed by atoms with Gasteiger partial charge in [-0.15, -0.1) is 0 Å². The molecule has 0 unspecified atom stereocenters. The van der Waals surface area contributed by atoms with E-state index in [-0.39, 0.29) is 17.1 Å². The molecule has 1 aliphatic rings. The summed E-state index contributed by atoms with van der Waals surface area (Å²) in [5, 5.41) is 5.07. The van der Waals surface area contributed by atoms with Crippen LogP contribution in [0.25, 0.3) is 0 Å². The number of benzene rings is 1. The maximum Gasteiger partial charge on any atom is 0.412 e. The minimum Gasteiger partial charge on any atom is -0.452 e. The van der Waals surface area contributed by atoms with Crippen molar-refractivity contribution in [2.45, 2.75) is 38.8 Å². The SMILES string of the molecule is CC(C)(C)OC(=O)Nc1ccc(C(=O)OCC(=O)N[C@H]2CCS(=O)(=O)C2)cc1. The number of hydrogen-bond acceptors (Lipinski definition) is 7. The predicted molar refractivity (Wildman–Crippen MR) is 102 cm³/mol. The maximum absolute atomic E-state index is 12.0. The van der Waals surface area contributed by atoms with Crippen molar-refractivity contribution in [3.8, 4) is 0 Å². The summed E-state index contributed by atoms with van der Waals surface area (Å²) < 4.78 is 32.8. The Morgan fingerprint density at radius 3 is 2.32 bits per heavy atom. The average Bonchev–Trinajstić information content (AvgIpc) is 2.90. The average molecular weight is 412 g/mol. The number of carbonyl (C=O) groups is 3. The first-order valence-electron chi connectivity index (χ1n) is 8.70. The third-order valence-electron chi connectivity index (χ3n) is 3.70. The van der Waals surface area contributed by atoms with Crippen molar-refractivity contribution in [2.24, 2.45) is 0 Å². The summed E-state index contributed by atoms with van der Waals surface area (Å²) in [7, 11) is -3.10. The first kappa shape index (κ1) is 21.7. The molecule has 0 saturated carbocycles. The minimum absolute atomic E-state index is 0.0431. The van der Waals surface area contributed by atoms with Crippen LogP contribution in [0.15, 0.2) is 24.3 Å². The van der Waals surface area contributed by atoms with Crippen LogP contribution in [0.5, 0.6) is 0 Å². The maximum atomic E-state index is 12.0. The highest BCUT2D eigenvalue weighted by Crippen LogP contribution is 2.14. The predicted octanol–water partition coefficient (Wildman–Crippen LogP) is 1.49. The lowest BCUT2D eigenvalue weighted by Crippen LogP contribution is -2.38. The molecule has 0 bridgehead atoms. The fourth-order valence-corrected chi connectivity index (χ4v) is 4.18. The summed E-state index contributed by atoms with van der Waals surface area (Å²) in [4.78, 5) is 35.5. The lowest BCUT2D eigenvalue weighted by atomic mass is 10.2. The molecule has 10 heteroatoms. The Balaban J connectivity index is 1.79. The molecule has 0 aromatic heterocycles. The highest BCUT2D eigenvalue weighted by molar-refractivity contribution is 7.91. The number of amides is 2. The van der Waals surface area contributed by atoms with Crippen LogP contribution in [-0.2, 0) is 24.1 Å². The third-order valence-corrected chi connectivity index (χ3v) is 5.47. The smallest absolute Gasteiger partial charge is 0.412 e. The second-order valence-electron chi connectivity index (χ2n) is 7.45. The first-order chi connectivity index (χ1) is 12.9. The Hall–Kier alpha value is -2.62. The van der Waals surface area contributed by atoms with Gasteiger partial charge in [-0.05, 0) is 51.5 Å². The molecule has 154 valence electrons. The second kappa shape index (κ2) is 8.59. The van der Waals surface area contributed by atoms with E-state index in [2.05, 4.69) is 10.6 Å². The highest BCUT2D eigenvalue weighted by atomic mass is 32.2. The summed E-state index contributed by atoms with van der Waals surface area (Å²) >= 11 is 0. The molecule has 1 atom stereocenters. The zero-order chi connectivity index (χ0) is 20.9. The largest absolute Gasteiger partial charge is 0.452 e. The van der Waals surface area contributed by atoms with Crippen LogP contribution >= 0.6 is 0 Å². The van der Waals surface area contributed by atoms with Gasteiger partial charge in [-0.2, -0.15) is 0 Å². The van der Waals surface area contributed by atoms with E-state index in [0.717, 1.165) is 0 Å². The van der Waals surface area contributed by atoms with Crippen molar-refractivity contribution in [2.75, 3.05) is 23.4 Å². The van der Waals surface area contributed by atoms with Gasteiger partial charge in [-0.3, -0.25) is 10.1 Å². The molecular weight excluding hydrogens is 388 g/mol. The zero-order valence-electron chi connectivity index (χ0n) is 16.0. The quantitative estimate of drug-likeness (QED) is 0.701. The first-order valence-corrected chi connectivity index (χ1v) is 10.5. The number of ether oxygens (including phenoxy) is 2. The van der Waals surface area contributed by atoms with E-state index in [1.807, 2.05) is 0 Å². The van der Waals surface area contributed by atoms with Gasteiger partial charge in [0.1, 0.15) is 5.60 Å². The number of anilines is 1. The van der Waals surface area contributed by atoms with Crippen LogP contribution < -0.4 is 10.6 Å². The Morgan fingerprint density at radius 1 is 1.14 bits per heavy atom. The number of carbonyl (C=O) groups excluding carboxylic acids is 3. The van der Waals surface area contributed by atoms with Gasteiger partial charge in [0, 0.05) is 11.7 Å². The molecular formula is C18H24N2O7S. The normalized spacial score (nSPS) is 18.2. The molecule has 1 heterocycles. The fraction of sp³-hybridized carbons (Fsp3) is 0.500. The van der Waals surface area contributed by atoms with Gasteiger partial charge in [0.05, 0.1) is 17.1 Å². The summed E-state index contributed by atoms with van der Waals surface area (Å²) in [6, 6.07) is 5.44. The van der Waals surface area contributed by atoms with Crippen molar-refractivity contribution >= 4 is 33.5 Å². The van der Waals surface area contributed by atoms with Gasteiger partial charge in [-0.1, -0.05) is 0 Å². The Kier molecular flexibility index (Phi) is 6.65. The van der Waals surface area contributed by atoms with Gasteiger partial charge in [0.25, 0.3) is 5.91 Å². The molecule has 2 rings (SSSR count). The molecule has 9 nitrogen and oxygen atoms in total. The zero-order valence-corrected chi connectivity index (χ0v) is 16.8. The Bertz CT molecular complexity index is 842. The third kappa shape index (κ3) is 7.18. The summed E-state index contributed by atoms with van der Waals surface area (Å²) in [6.45, 7) is 4.72. The molecule has 28 heavy (non-hydrogen) atoms. The van der Waals surface area contributed by atoms with E-state index >= 15 is 0 Å². The minimum atomic E-state index is -3.10. The van der Waals surface area contributed by atoms with E-state index in [9.17, 15) is 22.8 Å². The lowest BCUT2D eigenvalue weighted by molar-refractivity contribution is -0.124. The van der Waals surface area contributed by atoms with Gasteiger partial charge in [0.2, 0.25) is 0 Å². The molecule has 2 N–H and O–H groups in total. The molecule has 2 amide bonds. The fourth-order valence-electron chi connectivity index (χ4n) is 2.50. The molecule has 1 fully saturated rings. The van der Waals surface area contributed by atoms with E-state index in [4.69, 9.17) is 9.47 Å². The molecule has 1 aliphatic heterocycles. The summed E-state index contributed by atoms with van der Waals surface area (Å²) in [5.41, 5.74) is 0.00819. The number of sulfone groups is 1. The molecule has 0 radical (unpaired) electrons. The molecule has 1 aromatic rings. The standard InChI is InChI=1S/C18H24N2O7S/c1-18(2,3)27-17(23)20-13-6-4-12(5-7-13)16(22)26-10-15(21)19-14-8-9-28(24,25)11-14/h4-7,14H,8-11H2,1-3H3,(H,19,21)(H,20,23)/t14-/m0/s1.